The summed E-state index contributed by atoms with van der Waals surface area (Å²) in [6.07, 6.45) is -4.86. The number of alkyl halides is 3. The molecular formula is C14H10F4N2O4S. The Morgan fingerprint density at radius 3 is 2.36 bits per heavy atom. The third-order valence-electron chi connectivity index (χ3n) is 3.03. The Hall–Kier alpha value is -2.69. The van der Waals surface area contributed by atoms with Gasteiger partial charge in [0.25, 0.3) is 5.69 Å². The lowest BCUT2D eigenvalue weighted by molar-refractivity contribution is -0.385. The van der Waals surface area contributed by atoms with Crippen LogP contribution in [0.15, 0.2) is 42.5 Å². The molecule has 0 atom stereocenters. The summed E-state index contributed by atoms with van der Waals surface area (Å²) >= 11 is 0. The van der Waals surface area contributed by atoms with Crippen LogP contribution in [0.2, 0.25) is 0 Å². The van der Waals surface area contributed by atoms with Gasteiger partial charge >= 0.3 is 6.18 Å². The van der Waals surface area contributed by atoms with Crippen LogP contribution in [0.1, 0.15) is 11.1 Å². The summed E-state index contributed by atoms with van der Waals surface area (Å²) in [6, 6.07) is 6.23. The van der Waals surface area contributed by atoms with Gasteiger partial charge in [-0.3, -0.25) is 14.8 Å². The minimum absolute atomic E-state index is 0.160. The van der Waals surface area contributed by atoms with E-state index in [9.17, 15) is 36.1 Å². The highest BCUT2D eigenvalue weighted by Gasteiger charge is 2.32. The van der Waals surface area contributed by atoms with Crippen LogP contribution in [-0.4, -0.2) is 13.3 Å². The van der Waals surface area contributed by atoms with E-state index < -0.39 is 49.6 Å². The van der Waals surface area contributed by atoms with Crippen LogP contribution in [0.25, 0.3) is 0 Å². The molecule has 0 aliphatic heterocycles. The van der Waals surface area contributed by atoms with E-state index in [1.54, 1.807) is 4.72 Å². The molecule has 134 valence electrons. The Labute approximate surface area is 139 Å². The maximum Gasteiger partial charge on any atom is 0.416 e. The highest BCUT2D eigenvalue weighted by Crippen LogP contribution is 2.32. The maximum atomic E-state index is 13.3. The minimum atomic E-state index is -4.86. The van der Waals surface area contributed by atoms with Gasteiger partial charge in [-0.05, 0) is 18.2 Å². The zero-order valence-corrected chi connectivity index (χ0v) is 13.1. The normalized spacial score (nSPS) is 12.0. The van der Waals surface area contributed by atoms with E-state index in [1.165, 1.54) is 18.2 Å². The molecule has 0 bridgehead atoms. The Kier molecular flexibility index (Phi) is 4.97. The average Bonchev–Trinajstić information content (AvgIpc) is 2.44. The number of para-hydroxylation sites is 1. The van der Waals surface area contributed by atoms with Crippen LogP contribution >= 0.6 is 0 Å². The maximum absolute atomic E-state index is 13.3. The van der Waals surface area contributed by atoms with Crippen molar-refractivity contribution >= 4 is 21.4 Å². The largest absolute Gasteiger partial charge is 0.416 e. The van der Waals surface area contributed by atoms with Crippen molar-refractivity contribution in [2.75, 3.05) is 4.72 Å². The lowest BCUT2D eigenvalue weighted by Crippen LogP contribution is -2.17. The lowest BCUT2D eigenvalue weighted by Gasteiger charge is -2.12. The molecule has 2 aromatic carbocycles. The third-order valence-corrected chi connectivity index (χ3v) is 4.27. The Morgan fingerprint density at radius 2 is 1.76 bits per heavy atom. The number of anilines is 1. The zero-order valence-electron chi connectivity index (χ0n) is 12.2. The fourth-order valence-electron chi connectivity index (χ4n) is 2.04. The Bertz CT molecular complexity index is 913. The molecule has 0 fully saturated rings. The molecule has 0 saturated heterocycles. The fourth-order valence-corrected chi connectivity index (χ4v) is 3.25. The first-order valence-electron chi connectivity index (χ1n) is 6.58. The van der Waals surface area contributed by atoms with E-state index in [-0.39, 0.29) is 11.6 Å². The smallest absolute Gasteiger partial charge is 0.283 e. The van der Waals surface area contributed by atoms with Crippen LogP contribution in [0.3, 0.4) is 0 Å². The second kappa shape index (κ2) is 6.67. The number of nitro groups is 1. The molecule has 2 aromatic rings. The minimum Gasteiger partial charge on any atom is -0.283 e. The number of rotatable bonds is 5. The molecule has 0 saturated carbocycles. The Balaban J connectivity index is 2.31. The molecular weight excluding hydrogens is 368 g/mol. The summed E-state index contributed by atoms with van der Waals surface area (Å²) in [4.78, 5) is 10.1. The highest BCUT2D eigenvalue weighted by molar-refractivity contribution is 7.91. The highest BCUT2D eigenvalue weighted by atomic mass is 32.2. The summed E-state index contributed by atoms with van der Waals surface area (Å²) in [6.45, 7) is 0. The van der Waals surface area contributed by atoms with Crippen molar-refractivity contribution in [3.05, 3.63) is 69.5 Å². The van der Waals surface area contributed by atoms with Crippen LogP contribution < -0.4 is 4.72 Å². The van der Waals surface area contributed by atoms with Crippen LogP contribution in [0.5, 0.6) is 0 Å². The van der Waals surface area contributed by atoms with E-state index in [0.29, 0.717) is 12.1 Å². The average molecular weight is 378 g/mol. The van der Waals surface area contributed by atoms with Gasteiger partial charge in [0.05, 0.1) is 16.2 Å². The van der Waals surface area contributed by atoms with Gasteiger partial charge < -0.3 is 0 Å². The van der Waals surface area contributed by atoms with Crippen molar-refractivity contribution in [2.24, 2.45) is 0 Å². The number of nitro benzene ring substituents is 1. The number of nitrogens with one attached hydrogen (secondary N) is 1. The number of benzene rings is 2. The van der Waals surface area contributed by atoms with Gasteiger partial charge in [-0.15, -0.1) is 0 Å². The molecule has 0 aliphatic carbocycles. The zero-order chi connectivity index (χ0) is 18.8. The van der Waals surface area contributed by atoms with E-state index in [4.69, 9.17) is 0 Å². The van der Waals surface area contributed by atoms with E-state index >= 15 is 0 Å². The topological polar surface area (TPSA) is 89.3 Å². The first kappa shape index (κ1) is 18.6. The summed E-state index contributed by atoms with van der Waals surface area (Å²) in [5.41, 5.74) is -2.61. The molecule has 0 heterocycles. The predicted octanol–water partition coefficient (Wildman–Crippen LogP) is 3.69. The first-order chi connectivity index (χ1) is 11.5. The number of nitrogens with zero attached hydrogens (tertiary/aromatic N) is 1. The van der Waals surface area contributed by atoms with Crippen molar-refractivity contribution in [1.29, 1.82) is 0 Å². The van der Waals surface area contributed by atoms with Crippen molar-refractivity contribution < 1.29 is 30.9 Å². The molecule has 0 aromatic heterocycles. The standard InChI is InChI=1S/C14H10F4N2O4S/c15-11-5-10(14(16,17)18)6-12(7-11)19-25(23,24)8-9-3-1-2-4-13(9)20(21)22/h1-7,19H,8H2. The summed E-state index contributed by atoms with van der Waals surface area (Å²) < 4.78 is 77.2. The van der Waals surface area contributed by atoms with Crippen molar-refractivity contribution in [2.45, 2.75) is 11.9 Å². The second-order valence-corrected chi connectivity index (χ2v) is 6.70. The monoisotopic (exact) mass is 378 g/mol. The van der Waals surface area contributed by atoms with E-state index in [0.717, 1.165) is 6.07 Å². The summed E-state index contributed by atoms with van der Waals surface area (Å²) in [7, 11) is -4.31. The van der Waals surface area contributed by atoms with Gasteiger partial charge in [-0.2, -0.15) is 13.2 Å². The van der Waals surface area contributed by atoms with Gasteiger partial charge in [0.2, 0.25) is 10.0 Å². The summed E-state index contributed by atoms with van der Waals surface area (Å²) in [5, 5.41) is 10.9. The van der Waals surface area contributed by atoms with Gasteiger partial charge in [-0.25, -0.2) is 12.8 Å². The third kappa shape index (κ3) is 4.89. The van der Waals surface area contributed by atoms with Crippen LogP contribution in [0.4, 0.5) is 28.9 Å². The SMILES string of the molecule is O=[N+]([O-])c1ccccc1CS(=O)(=O)Nc1cc(F)cc(C(F)(F)F)c1. The number of sulfonamides is 1. The lowest BCUT2D eigenvalue weighted by atomic mass is 10.2. The molecule has 1 N–H and O–H groups in total. The van der Waals surface area contributed by atoms with E-state index in [2.05, 4.69) is 0 Å². The number of hydrogen-bond donors (Lipinski definition) is 1. The molecule has 0 radical (unpaired) electrons. The second-order valence-electron chi connectivity index (χ2n) is 4.97. The number of hydrogen-bond acceptors (Lipinski definition) is 4. The van der Waals surface area contributed by atoms with Crippen molar-refractivity contribution in [3.8, 4) is 0 Å². The molecule has 0 spiro atoms. The quantitative estimate of drug-likeness (QED) is 0.488. The van der Waals surface area contributed by atoms with E-state index in [1.807, 2.05) is 0 Å². The van der Waals surface area contributed by atoms with Crippen molar-refractivity contribution in [1.82, 2.24) is 0 Å². The van der Waals surface area contributed by atoms with Gasteiger partial charge in [0, 0.05) is 11.6 Å². The Morgan fingerprint density at radius 1 is 1.12 bits per heavy atom. The van der Waals surface area contributed by atoms with Gasteiger partial charge in [-0.1, -0.05) is 18.2 Å². The molecule has 0 unspecified atom stereocenters. The van der Waals surface area contributed by atoms with Crippen molar-refractivity contribution in [3.63, 3.8) is 0 Å². The first-order valence-corrected chi connectivity index (χ1v) is 8.24. The predicted molar refractivity (Wildman–Crippen MR) is 80.7 cm³/mol. The van der Waals surface area contributed by atoms with Crippen LogP contribution in [-0.2, 0) is 22.0 Å². The molecule has 0 aliphatic rings. The fraction of sp³-hybridized carbons (Fsp3) is 0.143. The molecule has 0 amide bonds. The molecule has 2 rings (SSSR count). The molecule has 11 heteroatoms. The van der Waals surface area contributed by atoms with Gasteiger partial charge in [0.15, 0.2) is 0 Å². The van der Waals surface area contributed by atoms with Gasteiger partial charge in [0.1, 0.15) is 11.6 Å². The summed E-state index contributed by atoms with van der Waals surface area (Å²) in [5.74, 6) is -2.14. The molecule has 6 nitrogen and oxygen atoms in total. The number of halogens is 4. The van der Waals surface area contributed by atoms with Crippen LogP contribution in [0, 0.1) is 15.9 Å². The molecule has 25 heavy (non-hydrogen) atoms.